The average Bonchev–Trinajstić information content (AvgIpc) is 3.47. The topological polar surface area (TPSA) is 67.0 Å². The summed E-state index contributed by atoms with van der Waals surface area (Å²) in [6, 6.07) is 18.6. The van der Waals surface area contributed by atoms with Gasteiger partial charge in [0.25, 0.3) is 0 Å². The largest absolute Gasteiger partial charge is 0.376 e. The van der Waals surface area contributed by atoms with Gasteiger partial charge in [0, 0.05) is 24.3 Å². The van der Waals surface area contributed by atoms with Gasteiger partial charge in [-0.05, 0) is 24.8 Å². The first-order valence-corrected chi connectivity index (χ1v) is 11.5. The normalized spacial score (nSPS) is 16.0. The molecule has 1 aliphatic rings. The van der Waals surface area contributed by atoms with Gasteiger partial charge >= 0.3 is 0 Å². The SMILES string of the molecule is CCc1ccc(-c2nc(SCC(=O)NCC3CCCO3)c(-c3ccccc3)[nH]2)cc1. The smallest absolute Gasteiger partial charge is 0.230 e. The number of nitrogens with one attached hydrogen (secondary N) is 2. The highest BCUT2D eigenvalue weighted by Gasteiger charge is 2.18. The molecular formula is C24H27N3O2S. The summed E-state index contributed by atoms with van der Waals surface area (Å²) in [5.74, 6) is 1.15. The van der Waals surface area contributed by atoms with Crippen LogP contribution in [0.25, 0.3) is 22.6 Å². The molecule has 0 radical (unpaired) electrons. The molecule has 1 amide bonds. The summed E-state index contributed by atoms with van der Waals surface area (Å²) in [5, 5.41) is 3.82. The van der Waals surface area contributed by atoms with E-state index in [-0.39, 0.29) is 12.0 Å². The summed E-state index contributed by atoms with van der Waals surface area (Å²) < 4.78 is 5.57. The fraction of sp³-hybridized carbons (Fsp3) is 0.333. The Bertz CT molecular complexity index is 964. The Balaban J connectivity index is 1.49. The van der Waals surface area contributed by atoms with E-state index < -0.39 is 0 Å². The van der Waals surface area contributed by atoms with E-state index in [0.717, 1.165) is 53.5 Å². The number of benzene rings is 2. The number of H-pyrrole nitrogens is 1. The van der Waals surface area contributed by atoms with Gasteiger partial charge in [0.15, 0.2) is 0 Å². The van der Waals surface area contributed by atoms with Crippen molar-refractivity contribution in [2.24, 2.45) is 0 Å². The third-order valence-corrected chi connectivity index (χ3v) is 6.23. The highest BCUT2D eigenvalue weighted by molar-refractivity contribution is 8.00. The maximum absolute atomic E-state index is 12.3. The molecule has 0 saturated carbocycles. The lowest BCUT2D eigenvalue weighted by atomic mass is 10.1. The van der Waals surface area contributed by atoms with Crippen LogP contribution in [0.15, 0.2) is 59.6 Å². The minimum atomic E-state index is 0.00589. The second-order valence-electron chi connectivity index (χ2n) is 7.41. The number of thioether (sulfide) groups is 1. The molecule has 0 aliphatic carbocycles. The zero-order chi connectivity index (χ0) is 20.8. The number of hydrogen-bond donors (Lipinski definition) is 2. The van der Waals surface area contributed by atoms with Crippen molar-refractivity contribution in [3.63, 3.8) is 0 Å². The van der Waals surface area contributed by atoms with Gasteiger partial charge in [0.2, 0.25) is 5.91 Å². The van der Waals surface area contributed by atoms with Gasteiger partial charge in [-0.2, -0.15) is 0 Å². The molecular weight excluding hydrogens is 394 g/mol. The molecule has 1 saturated heterocycles. The van der Waals surface area contributed by atoms with Gasteiger partial charge in [-0.15, -0.1) is 0 Å². The molecule has 1 unspecified atom stereocenters. The van der Waals surface area contributed by atoms with Crippen molar-refractivity contribution in [3.05, 3.63) is 60.2 Å². The fourth-order valence-corrected chi connectivity index (χ4v) is 4.35. The zero-order valence-corrected chi connectivity index (χ0v) is 18.0. The van der Waals surface area contributed by atoms with Crippen LogP contribution in [0.5, 0.6) is 0 Å². The number of amides is 1. The molecule has 2 aromatic carbocycles. The number of carbonyl (C=O) groups is 1. The number of nitrogens with zero attached hydrogens (tertiary/aromatic N) is 1. The summed E-state index contributed by atoms with van der Waals surface area (Å²) in [4.78, 5) is 20.6. The third kappa shape index (κ3) is 5.12. The maximum atomic E-state index is 12.3. The first-order chi connectivity index (χ1) is 14.7. The second-order valence-corrected chi connectivity index (χ2v) is 8.37. The van der Waals surface area contributed by atoms with Crippen LogP contribution in [-0.4, -0.2) is 40.9 Å². The van der Waals surface area contributed by atoms with Crippen LogP contribution in [0.3, 0.4) is 0 Å². The lowest BCUT2D eigenvalue weighted by Gasteiger charge is -2.10. The third-order valence-electron chi connectivity index (χ3n) is 5.26. The molecule has 3 aromatic rings. The highest BCUT2D eigenvalue weighted by atomic mass is 32.2. The van der Waals surface area contributed by atoms with Crippen molar-refractivity contribution >= 4 is 17.7 Å². The number of hydrogen-bond acceptors (Lipinski definition) is 4. The molecule has 0 spiro atoms. The standard InChI is InChI=1S/C24H27N3O2S/c1-2-17-10-12-19(13-11-17)23-26-22(18-7-4-3-5-8-18)24(27-23)30-16-21(28)25-15-20-9-6-14-29-20/h3-5,7-8,10-13,20H,2,6,9,14-16H2,1H3,(H,25,28)(H,26,27). The van der Waals surface area contributed by atoms with Crippen molar-refractivity contribution in [1.29, 1.82) is 0 Å². The molecule has 156 valence electrons. The first kappa shape index (κ1) is 20.7. The van der Waals surface area contributed by atoms with Crippen LogP contribution in [0, 0.1) is 0 Å². The Hall–Kier alpha value is -2.57. The number of aryl methyl sites for hydroxylation is 1. The second kappa shape index (κ2) is 9.96. The van der Waals surface area contributed by atoms with E-state index in [1.54, 1.807) is 0 Å². The van der Waals surface area contributed by atoms with Crippen LogP contribution in [0.2, 0.25) is 0 Å². The van der Waals surface area contributed by atoms with E-state index in [4.69, 9.17) is 9.72 Å². The molecule has 1 atom stereocenters. The Kier molecular flexibility index (Phi) is 6.87. The van der Waals surface area contributed by atoms with Crippen LogP contribution in [0.4, 0.5) is 0 Å². The molecule has 2 N–H and O–H groups in total. The molecule has 30 heavy (non-hydrogen) atoms. The predicted molar refractivity (Wildman–Crippen MR) is 122 cm³/mol. The minimum absolute atomic E-state index is 0.00589. The average molecular weight is 422 g/mol. The number of imidazole rings is 1. The summed E-state index contributed by atoms with van der Waals surface area (Å²) in [6.45, 7) is 3.53. The van der Waals surface area contributed by atoms with Crippen LogP contribution in [-0.2, 0) is 16.0 Å². The molecule has 6 heteroatoms. The Morgan fingerprint density at radius 2 is 1.97 bits per heavy atom. The van der Waals surface area contributed by atoms with E-state index in [2.05, 4.69) is 53.6 Å². The fourth-order valence-electron chi connectivity index (χ4n) is 3.52. The Morgan fingerprint density at radius 1 is 1.17 bits per heavy atom. The Labute approximate surface area is 181 Å². The maximum Gasteiger partial charge on any atom is 0.230 e. The first-order valence-electron chi connectivity index (χ1n) is 10.5. The summed E-state index contributed by atoms with van der Waals surface area (Å²) >= 11 is 1.46. The van der Waals surface area contributed by atoms with Crippen molar-refractivity contribution in [1.82, 2.24) is 15.3 Å². The minimum Gasteiger partial charge on any atom is -0.376 e. The van der Waals surface area contributed by atoms with E-state index in [1.165, 1.54) is 17.3 Å². The van der Waals surface area contributed by atoms with Gasteiger partial charge in [0.05, 0.1) is 17.6 Å². The lowest BCUT2D eigenvalue weighted by Crippen LogP contribution is -2.32. The van der Waals surface area contributed by atoms with Gasteiger partial charge < -0.3 is 15.0 Å². The molecule has 0 bridgehead atoms. The molecule has 1 aromatic heterocycles. The molecule has 4 rings (SSSR count). The van der Waals surface area contributed by atoms with Crippen LogP contribution < -0.4 is 5.32 Å². The molecule has 5 nitrogen and oxygen atoms in total. The van der Waals surface area contributed by atoms with Crippen LogP contribution in [0.1, 0.15) is 25.3 Å². The van der Waals surface area contributed by atoms with Crippen molar-refractivity contribution in [2.45, 2.75) is 37.3 Å². The van der Waals surface area contributed by atoms with Crippen LogP contribution >= 0.6 is 11.8 Å². The van der Waals surface area contributed by atoms with E-state index in [0.29, 0.717) is 12.3 Å². The predicted octanol–water partition coefficient (Wildman–Crippen LogP) is 4.69. The quantitative estimate of drug-likeness (QED) is 0.518. The van der Waals surface area contributed by atoms with Gasteiger partial charge in [-0.3, -0.25) is 4.79 Å². The van der Waals surface area contributed by atoms with E-state index in [9.17, 15) is 4.79 Å². The highest BCUT2D eigenvalue weighted by Crippen LogP contribution is 2.32. The number of aromatic amines is 1. The van der Waals surface area contributed by atoms with Gasteiger partial charge in [0.1, 0.15) is 10.9 Å². The number of ether oxygens (including phenoxy) is 1. The van der Waals surface area contributed by atoms with Gasteiger partial charge in [-0.25, -0.2) is 4.98 Å². The summed E-state index contributed by atoms with van der Waals surface area (Å²) in [7, 11) is 0. The van der Waals surface area contributed by atoms with Crippen molar-refractivity contribution < 1.29 is 9.53 Å². The zero-order valence-electron chi connectivity index (χ0n) is 17.2. The van der Waals surface area contributed by atoms with Crippen molar-refractivity contribution in [2.75, 3.05) is 18.9 Å². The molecule has 1 fully saturated rings. The monoisotopic (exact) mass is 421 g/mol. The van der Waals surface area contributed by atoms with E-state index in [1.807, 2.05) is 18.2 Å². The number of rotatable bonds is 8. The number of aromatic nitrogens is 2. The number of carbonyl (C=O) groups excluding carboxylic acids is 1. The molecule has 1 aliphatic heterocycles. The van der Waals surface area contributed by atoms with E-state index >= 15 is 0 Å². The Morgan fingerprint density at radius 3 is 2.67 bits per heavy atom. The summed E-state index contributed by atoms with van der Waals surface area (Å²) in [6.07, 6.45) is 3.26. The molecule has 2 heterocycles. The lowest BCUT2D eigenvalue weighted by molar-refractivity contribution is -0.119. The summed E-state index contributed by atoms with van der Waals surface area (Å²) in [5.41, 5.74) is 4.34. The van der Waals surface area contributed by atoms with Crippen molar-refractivity contribution in [3.8, 4) is 22.6 Å². The van der Waals surface area contributed by atoms with Gasteiger partial charge in [-0.1, -0.05) is 73.3 Å².